The summed E-state index contributed by atoms with van der Waals surface area (Å²) in [5, 5.41) is 0.155. The van der Waals surface area contributed by atoms with Crippen LogP contribution in [0.1, 0.15) is 38.3 Å². The van der Waals surface area contributed by atoms with Gasteiger partial charge in [-0.15, -0.1) is 0 Å². The van der Waals surface area contributed by atoms with E-state index in [0.717, 1.165) is 6.42 Å². The Morgan fingerprint density at radius 1 is 1.44 bits per heavy atom. The summed E-state index contributed by atoms with van der Waals surface area (Å²) in [6.45, 7) is 4.28. The quantitative estimate of drug-likeness (QED) is 0.804. The zero-order valence-corrected chi connectivity index (χ0v) is 11.7. The molecule has 1 N–H and O–H groups in total. The lowest BCUT2D eigenvalue weighted by Gasteiger charge is -2.15. The molecule has 102 valence electrons. The summed E-state index contributed by atoms with van der Waals surface area (Å²) >= 11 is 5.90. The molecule has 0 radical (unpaired) electrons. The highest BCUT2D eigenvalue weighted by Crippen LogP contribution is 2.11. The second-order valence-corrected chi connectivity index (χ2v) is 4.66. The van der Waals surface area contributed by atoms with Crippen LogP contribution in [0.15, 0.2) is 9.59 Å². The van der Waals surface area contributed by atoms with Crippen molar-refractivity contribution >= 4 is 11.6 Å². The number of methoxy groups -OCH3 is 1. The van der Waals surface area contributed by atoms with Gasteiger partial charge in [0.25, 0.3) is 5.56 Å². The number of nitrogens with one attached hydrogen (secondary N) is 1. The number of aromatic amines is 1. The SMILES string of the molecule is CCCc1c(Cl)[nH]c(=O)n(C(C)CCOC)c1=O. The van der Waals surface area contributed by atoms with E-state index in [4.69, 9.17) is 16.3 Å². The maximum atomic E-state index is 12.2. The van der Waals surface area contributed by atoms with Crippen molar-refractivity contribution in [1.29, 1.82) is 0 Å². The Balaban J connectivity index is 3.23. The molecule has 0 aliphatic rings. The van der Waals surface area contributed by atoms with Crippen LogP contribution < -0.4 is 11.2 Å². The average molecular weight is 275 g/mol. The molecule has 1 unspecified atom stereocenters. The molecular formula is C12H19ClN2O3. The smallest absolute Gasteiger partial charge is 0.329 e. The summed E-state index contributed by atoms with van der Waals surface area (Å²) in [5.74, 6) is 0. The van der Waals surface area contributed by atoms with Crippen molar-refractivity contribution in [3.8, 4) is 0 Å². The number of nitrogens with zero attached hydrogens (tertiary/aromatic N) is 1. The van der Waals surface area contributed by atoms with Gasteiger partial charge in [0, 0.05) is 19.8 Å². The van der Waals surface area contributed by atoms with Gasteiger partial charge in [-0.05, 0) is 19.8 Å². The van der Waals surface area contributed by atoms with Crippen LogP contribution in [0.3, 0.4) is 0 Å². The zero-order valence-electron chi connectivity index (χ0n) is 11.0. The first-order valence-corrected chi connectivity index (χ1v) is 6.42. The van der Waals surface area contributed by atoms with Gasteiger partial charge in [0.15, 0.2) is 0 Å². The summed E-state index contributed by atoms with van der Waals surface area (Å²) in [4.78, 5) is 26.5. The highest BCUT2D eigenvalue weighted by molar-refractivity contribution is 6.30. The Labute approximate surface area is 111 Å². The molecule has 1 aromatic rings. The molecular weight excluding hydrogens is 256 g/mol. The van der Waals surface area contributed by atoms with Gasteiger partial charge in [0.1, 0.15) is 5.15 Å². The van der Waals surface area contributed by atoms with Crippen molar-refractivity contribution in [2.24, 2.45) is 0 Å². The minimum absolute atomic E-state index is 0.155. The molecule has 18 heavy (non-hydrogen) atoms. The van der Waals surface area contributed by atoms with E-state index in [1.165, 1.54) is 4.57 Å². The standard InChI is InChI=1S/C12H19ClN2O3/c1-4-5-9-10(13)14-12(17)15(11(9)16)8(2)6-7-18-3/h8H,4-7H2,1-3H3,(H,14,17). The predicted molar refractivity (Wildman–Crippen MR) is 71.5 cm³/mol. The molecule has 0 saturated heterocycles. The largest absolute Gasteiger partial charge is 0.385 e. The van der Waals surface area contributed by atoms with Gasteiger partial charge in [0.05, 0.1) is 5.56 Å². The first-order valence-electron chi connectivity index (χ1n) is 6.05. The lowest BCUT2D eigenvalue weighted by atomic mass is 10.2. The Bertz CT molecular complexity index is 507. The van der Waals surface area contributed by atoms with Gasteiger partial charge in [-0.1, -0.05) is 24.9 Å². The number of aromatic nitrogens is 2. The molecule has 0 aliphatic heterocycles. The second-order valence-electron chi connectivity index (χ2n) is 4.28. The zero-order chi connectivity index (χ0) is 13.7. The molecule has 0 aliphatic carbocycles. The normalized spacial score (nSPS) is 12.7. The third-order valence-corrected chi connectivity index (χ3v) is 3.18. The molecule has 1 atom stereocenters. The van der Waals surface area contributed by atoms with Crippen molar-refractivity contribution in [3.63, 3.8) is 0 Å². The van der Waals surface area contributed by atoms with E-state index in [9.17, 15) is 9.59 Å². The molecule has 0 fully saturated rings. The fraction of sp³-hybridized carbons (Fsp3) is 0.667. The lowest BCUT2D eigenvalue weighted by molar-refractivity contribution is 0.179. The Kier molecular flexibility index (Phi) is 5.62. The van der Waals surface area contributed by atoms with E-state index in [0.29, 0.717) is 25.0 Å². The summed E-state index contributed by atoms with van der Waals surface area (Å²) in [5.41, 5.74) is -0.286. The van der Waals surface area contributed by atoms with Crippen molar-refractivity contribution in [2.45, 2.75) is 39.2 Å². The molecule has 0 bridgehead atoms. The first-order chi connectivity index (χ1) is 8.52. The van der Waals surface area contributed by atoms with E-state index in [1.807, 2.05) is 13.8 Å². The number of hydrogen-bond donors (Lipinski definition) is 1. The Morgan fingerprint density at radius 2 is 2.11 bits per heavy atom. The topological polar surface area (TPSA) is 64.1 Å². The van der Waals surface area contributed by atoms with Crippen LogP contribution in [0.4, 0.5) is 0 Å². The van der Waals surface area contributed by atoms with Gasteiger partial charge in [0.2, 0.25) is 0 Å². The van der Waals surface area contributed by atoms with Crippen LogP contribution >= 0.6 is 11.6 Å². The van der Waals surface area contributed by atoms with Gasteiger partial charge in [-0.2, -0.15) is 0 Å². The van der Waals surface area contributed by atoms with Crippen molar-refractivity contribution in [1.82, 2.24) is 9.55 Å². The van der Waals surface area contributed by atoms with E-state index in [2.05, 4.69) is 4.98 Å². The van der Waals surface area contributed by atoms with Crippen molar-refractivity contribution in [2.75, 3.05) is 13.7 Å². The number of halogens is 1. The van der Waals surface area contributed by atoms with E-state index in [-0.39, 0.29) is 16.8 Å². The fourth-order valence-corrected chi connectivity index (χ4v) is 2.10. The molecule has 6 heteroatoms. The summed E-state index contributed by atoms with van der Waals surface area (Å²) < 4.78 is 6.18. The molecule has 0 spiro atoms. The summed E-state index contributed by atoms with van der Waals surface area (Å²) in [6.07, 6.45) is 1.96. The molecule has 1 aromatic heterocycles. The average Bonchev–Trinajstić information content (AvgIpc) is 2.31. The van der Waals surface area contributed by atoms with E-state index in [1.54, 1.807) is 7.11 Å². The van der Waals surface area contributed by atoms with E-state index >= 15 is 0 Å². The molecule has 0 aromatic carbocycles. The lowest BCUT2D eigenvalue weighted by Crippen LogP contribution is -2.39. The van der Waals surface area contributed by atoms with Gasteiger partial charge in [-0.25, -0.2) is 4.79 Å². The van der Waals surface area contributed by atoms with Crippen LogP contribution in [-0.2, 0) is 11.2 Å². The second kappa shape index (κ2) is 6.75. The van der Waals surface area contributed by atoms with Crippen LogP contribution in [-0.4, -0.2) is 23.3 Å². The minimum Gasteiger partial charge on any atom is -0.385 e. The summed E-state index contributed by atoms with van der Waals surface area (Å²) in [7, 11) is 1.59. The molecule has 1 heterocycles. The van der Waals surface area contributed by atoms with Crippen molar-refractivity contribution < 1.29 is 4.74 Å². The third-order valence-electron chi connectivity index (χ3n) is 2.86. The van der Waals surface area contributed by atoms with Crippen LogP contribution in [0.5, 0.6) is 0 Å². The third kappa shape index (κ3) is 3.23. The Morgan fingerprint density at radius 3 is 2.67 bits per heavy atom. The number of rotatable bonds is 6. The predicted octanol–water partition coefficient (Wildman–Crippen LogP) is 1.74. The van der Waals surface area contributed by atoms with Crippen LogP contribution in [0.2, 0.25) is 5.15 Å². The molecule has 0 saturated carbocycles. The number of ether oxygens (including phenoxy) is 1. The number of hydrogen-bond acceptors (Lipinski definition) is 3. The van der Waals surface area contributed by atoms with Gasteiger partial charge < -0.3 is 4.74 Å². The van der Waals surface area contributed by atoms with Gasteiger partial charge >= 0.3 is 5.69 Å². The summed E-state index contributed by atoms with van der Waals surface area (Å²) in [6, 6.07) is -0.214. The van der Waals surface area contributed by atoms with Gasteiger partial charge in [-0.3, -0.25) is 14.3 Å². The molecule has 0 amide bonds. The molecule has 5 nitrogen and oxygen atoms in total. The van der Waals surface area contributed by atoms with Crippen LogP contribution in [0.25, 0.3) is 0 Å². The van der Waals surface area contributed by atoms with Crippen LogP contribution in [0, 0.1) is 0 Å². The van der Waals surface area contributed by atoms with E-state index < -0.39 is 5.69 Å². The maximum absolute atomic E-state index is 12.2. The van der Waals surface area contributed by atoms with Crippen molar-refractivity contribution in [3.05, 3.63) is 31.6 Å². The first kappa shape index (κ1) is 15.0. The maximum Gasteiger partial charge on any atom is 0.329 e. The minimum atomic E-state index is -0.464. The highest BCUT2D eigenvalue weighted by Gasteiger charge is 2.16. The highest BCUT2D eigenvalue weighted by atomic mass is 35.5. The Hall–Kier alpha value is -1.07. The number of H-pyrrole nitrogens is 1. The molecule has 1 rings (SSSR count). The fourth-order valence-electron chi connectivity index (χ4n) is 1.85. The monoisotopic (exact) mass is 274 g/mol.